The molecule has 0 unspecified atom stereocenters. The van der Waals surface area contributed by atoms with Gasteiger partial charge in [-0.15, -0.1) is 11.3 Å². The lowest BCUT2D eigenvalue weighted by atomic mass is 10.1. The van der Waals surface area contributed by atoms with E-state index in [1.165, 1.54) is 11.3 Å². The Bertz CT molecular complexity index is 770. The highest BCUT2D eigenvalue weighted by molar-refractivity contribution is 7.17. The normalized spacial score (nSPS) is 14.0. The summed E-state index contributed by atoms with van der Waals surface area (Å²) in [4.78, 5) is 32.9. The van der Waals surface area contributed by atoms with E-state index >= 15 is 0 Å². The van der Waals surface area contributed by atoms with Crippen LogP contribution in [-0.2, 0) is 9.63 Å². The van der Waals surface area contributed by atoms with Crippen LogP contribution in [0.1, 0.15) is 35.9 Å². The van der Waals surface area contributed by atoms with E-state index in [-0.39, 0.29) is 18.4 Å². The predicted molar refractivity (Wildman–Crippen MR) is 105 cm³/mol. The lowest BCUT2D eigenvalue weighted by Crippen LogP contribution is -2.38. The molecule has 7 heteroatoms. The Morgan fingerprint density at radius 2 is 1.89 bits per heavy atom. The Morgan fingerprint density at radius 1 is 1.15 bits per heavy atom. The van der Waals surface area contributed by atoms with Crippen LogP contribution in [0.25, 0.3) is 10.4 Å². The Kier molecular flexibility index (Phi) is 6.84. The molecule has 3 rings (SSSR count). The highest BCUT2D eigenvalue weighted by atomic mass is 32.1. The molecule has 1 fully saturated rings. The first-order chi connectivity index (χ1) is 13.2. The van der Waals surface area contributed by atoms with E-state index in [1.807, 2.05) is 41.3 Å². The van der Waals surface area contributed by atoms with Crippen molar-refractivity contribution in [1.82, 2.24) is 10.4 Å². The minimum absolute atomic E-state index is 0.0432. The molecule has 144 valence electrons. The summed E-state index contributed by atoms with van der Waals surface area (Å²) in [7, 11) is 0. The molecule has 1 saturated heterocycles. The molecule has 0 atom stereocenters. The van der Waals surface area contributed by atoms with Gasteiger partial charge in [0.15, 0.2) is 6.61 Å². The van der Waals surface area contributed by atoms with E-state index in [0.29, 0.717) is 17.2 Å². The molecule has 0 aliphatic carbocycles. The molecule has 0 saturated carbocycles. The summed E-state index contributed by atoms with van der Waals surface area (Å²) in [6.07, 6.45) is 3.23. The predicted octanol–water partition coefficient (Wildman–Crippen LogP) is 3.49. The van der Waals surface area contributed by atoms with E-state index in [1.54, 1.807) is 6.92 Å². The van der Waals surface area contributed by atoms with Crippen molar-refractivity contribution in [3.05, 3.63) is 41.3 Å². The molecule has 1 aromatic heterocycles. The van der Waals surface area contributed by atoms with Crippen LogP contribution in [0.4, 0.5) is 0 Å². The fourth-order valence-electron chi connectivity index (χ4n) is 2.94. The summed E-state index contributed by atoms with van der Waals surface area (Å²) in [6.45, 7) is 3.64. The summed E-state index contributed by atoms with van der Waals surface area (Å²) >= 11 is 1.32. The second-order valence-electron chi connectivity index (χ2n) is 6.26. The Hall–Kier alpha value is -2.38. The lowest BCUT2D eigenvalue weighted by molar-refractivity contribution is -0.134. The quantitative estimate of drug-likeness (QED) is 0.738. The van der Waals surface area contributed by atoms with Gasteiger partial charge in [0.25, 0.3) is 11.8 Å². The molecule has 1 N–H and O–H groups in total. The van der Waals surface area contributed by atoms with Gasteiger partial charge in [-0.25, -0.2) is 5.48 Å². The number of amides is 2. The van der Waals surface area contributed by atoms with Crippen LogP contribution in [0.2, 0.25) is 0 Å². The number of ether oxygens (including phenoxy) is 1. The van der Waals surface area contributed by atoms with E-state index < -0.39 is 0 Å². The van der Waals surface area contributed by atoms with Crippen LogP contribution in [0, 0.1) is 0 Å². The molecule has 2 amide bonds. The lowest BCUT2D eigenvalue weighted by Gasteiger charge is -2.26. The second-order valence-corrected chi connectivity index (χ2v) is 7.32. The van der Waals surface area contributed by atoms with Crippen molar-refractivity contribution in [3.8, 4) is 16.2 Å². The first kappa shape index (κ1) is 19.4. The monoisotopic (exact) mass is 388 g/mol. The average molecular weight is 388 g/mol. The molecule has 0 spiro atoms. The molecular formula is C20H24N2O4S. The zero-order valence-corrected chi connectivity index (χ0v) is 16.2. The van der Waals surface area contributed by atoms with Crippen molar-refractivity contribution >= 4 is 23.2 Å². The third-order valence-corrected chi connectivity index (χ3v) is 5.50. The number of carbonyl (C=O) groups excluding carboxylic acids is 2. The van der Waals surface area contributed by atoms with Gasteiger partial charge in [-0.1, -0.05) is 30.3 Å². The molecule has 6 nitrogen and oxygen atoms in total. The number of hydrogen-bond acceptors (Lipinski definition) is 5. The van der Waals surface area contributed by atoms with Crippen molar-refractivity contribution < 1.29 is 19.2 Å². The van der Waals surface area contributed by atoms with Crippen LogP contribution in [-0.4, -0.2) is 43.0 Å². The van der Waals surface area contributed by atoms with Crippen molar-refractivity contribution in [3.63, 3.8) is 0 Å². The van der Waals surface area contributed by atoms with E-state index in [2.05, 4.69) is 5.48 Å². The van der Waals surface area contributed by atoms with Crippen molar-refractivity contribution in [2.45, 2.75) is 26.2 Å². The number of nitrogens with zero attached hydrogens (tertiary/aromatic N) is 1. The summed E-state index contributed by atoms with van der Waals surface area (Å²) < 4.78 is 5.76. The number of hydrogen-bond donors (Lipinski definition) is 1. The third-order valence-electron chi connectivity index (χ3n) is 4.33. The fourth-order valence-corrected chi connectivity index (χ4v) is 3.94. The van der Waals surface area contributed by atoms with Crippen molar-refractivity contribution in [2.75, 3.05) is 26.3 Å². The topological polar surface area (TPSA) is 67.9 Å². The zero-order chi connectivity index (χ0) is 19.1. The number of rotatable bonds is 7. The highest BCUT2D eigenvalue weighted by Gasteiger charge is 2.22. The van der Waals surface area contributed by atoms with Gasteiger partial charge in [-0.3, -0.25) is 14.4 Å². The molecule has 1 aliphatic heterocycles. The number of nitrogens with one attached hydrogen (secondary N) is 1. The Balaban J connectivity index is 1.75. The van der Waals surface area contributed by atoms with Gasteiger partial charge in [-0.2, -0.15) is 0 Å². The van der Waals surface area contributed by atoms with E-state index in [4.69, 9.17) is 9.57 Å². The summed E-state index contributed by atoms with van der Waals surface area (Å²) in [5, 5.41) is 0. The average Bonchev–Trinajstić information content (AvgIpc) is 3.16. The number of piperidine rings is 1. The molecule has 2 heterocycles. The number of carbonyl (C=O) groups is 2. The zero-order valence-electron chi connectivity index (χ0n) is 15.4. The number of benzene rings is 1. The smallest absolute Gasteiger partial charge is 0.288 e. The number of likely N-dealkylation sites (tertiary alicyclic amines) is 1. The Labute approximate surface area is 163 Å². The maximum absolute atomic E-state index is 12.4. The number of thiophene rings is 1. The van der Waals surface area contributed by atoms with Gasteiger partial charge in [-0.05, 0) is 37.8 Å². The molecule has 0 radical (unpaired) electrons. The molecule has 2 aromatic rings. The van der Waals surface area contributed by atoms with Crippen LogP contribution >= 0.6 is 11.3 Å². The summed E-state index contributed by atoms with van der Waals surface area (Å²) in [5.41, 5.74) is 3.39. The maximum atomic E-state index is 12.4. The second kappa shape index (κ2) is 9.53. The van der Waals surface area contributed by atoms with E-state index in [9.17, 15) is 9.59 Å². The fraction of sp³-hybridized carbons (Fsp3) is 0.400. The Morgan fingerprint density at radius 3 is 2.59 bits per heavy atom. The van der Waals surface area contributed by atoms with Crippen molar-refractivity contribution in [2.24, 2.45) is 0 Å². The van der Waals surface area contributed by atoms with Gasteiger partial charge in [0.05, 0.1) is 6.61 Å². The SMILES string of the molecule is CCONC(=O)c1sc(-c2ccccc2)cc1OCC(=O)N1CCCCC1. The maximum Gasteiger partial charge on any atom is 0.288 e. The first-order valence-corrected chi connectivity index (χ1v) is 10.0. The summed E-state index contributed by atoms with van der Waals surface area (Å²) in [5.74, 6) is -0.0100. The molecule has 0 bridgehead atoms. The van der Waals surface area contributed by atoms with Gasteiger partial charge >= 0.3 is 0 Å². The molecular weight excluding hydrogens is 364 g/mol. The van der Waals surface area contributed by atoms with E-state index in [0.717, 1.165) is 42.8 Å². The molecule has 27 heavy (non-hydrogen) atoms. The van der Waals surface area contributed by atoms with Crippen molar-refractivity contribution in [1.29, 1.82) is 0 Å². The highest BCUT2D eigenvalue weighted by Crippen LogP contribution is 2.36. The van der Waals surface area contributed by atoms with Crippen LogP contribution in [0.15, 0.2) is 36.4 Å². The third kappa shape index (κ3) is 5.08. The van der Waals surface area contributed by atoms with Crippen LogP contribution in [0.3, 0.4) is 0 Å². The van der Waals surface area contributed by atoms with Crippen LogP contribution < -0.4 is 10.2 Å². The number of hydroxylamine groups is 1. The van der Waals surface area contributed by atoms with Crippen LogP contribution in [0.5, 0.6) is 5.75 Å². The first-order valence-electron chi connectivity index (χ1n) is 9.21. The van der Waals surface area contributed by atoms with Gasteiger partial charge in [0.1, 0.15) is 10.6 Å². The van der Waals surface area contributed by atoms with Gasteiger partial charge in [0, 0.05) is 18.0 Å². The summed E-state index contributed by atoms with van der Waals surface area (Å²) in [6, 6.07) is 11.6. The largest absolute Gasteiger partial charge is 0.482 e. The standard InChI is InChI=1S/C20H24N2O4S/c1-2-26-21-20(24)19-16(13-17(27-19)15-9-5-3-6-10-15)25-14-18(23)22-11-7-4-8-12-22/h3,5-6,9-10,13H,2,4,7-8,11-12,14H2,1H3,(H,21,24). The minimum atomic E-state index is -0.371. The molecule has 1 aliphatic rings. The minimum Gasteiger partial charge on any atom is -0.482 e. The van der Waals surface area contributed by atoms with Gasteiger partial charge < -0.3 is 9.64 Å². The van der Waals surface area contributed by atoms with Gasteiger partial charge in [0.2, 0.25) is 0 Å². The molecule has 1 aromatic carbocycles.